The van der Waals surface area contributed by atoms with Crippen LogP contribution in [0.4, 0.5) is 10.2 Å². The lowest BCUT2D eigenvalue weighted by molar-refractivity contribution is -0.191. The van der Waals surface area contributed by atoms with Crippen LogP contribution in [-0.4, -0.2) is 84.0 Å². The number of nitrogens with zero attached hydrogens (tertiary/aromatic N) is 6. The van der Waals surface area contributed by atoms with Crippen molar-refractivity contribution in [2.75, 3.05) is 51.8 Å². The minimum Gasteiger partial charge on any atom is -0.467 e. The smallest absolute Gasteiger partial charge is 0.320 e. The van der Waals surface area contributed by atoms with Gasteiger partial charge in [-0.1, -0.05) is 0 Å². The summed E-state index contributed by atoms with van der Waals surface area (Å²) >= 11 is 0. The normalized spacial score (nSPS) is 25.4. The molecule has 37 heavy (non-hydrogen) atoms. The van der Waals surface area contributed by atoms with E-state index in [4.69, 9.17) is 14.2 Å². The molecule has 3 fully saturated rings. The second-order valence-corrected chi connectivity index (χ2v) is 10.6. The van der Waals surface area contributed by atoms with Crippen LogP contribution in [0.3, 0.4) is 0 Å². The van der Waals surface area contributed by atoms with Gasteiger partial charge in [0.05, 0.1) is 24.9 Å². The van der Waals surface area contributed by atoms with Crippen molar-refractivity contribution in [3.05, 3.63) is 35.5 Å². The van der Waals surface area contributed by atoms with Crippen LogP contribution in [0.25, 0.3) is 16.7 Å². The summed E-state index contributed by atoms with van der Waals surface area (Å²) < 4.78 is 35.2. The second kappa shape index (κ2) is 9.81. The van der Waals surface area contributed by atoms with Gasteiger partial charge in [0.25, 0.3) is 0 Å². The van der Waals surface area contributed by atoms with Gasteiger partial charge in [0, 0.05) is 37.7 Å². The molecule has 2 aromatic heterocycles. The summed E-state index contributed by atoms with van der Waals surface area (Å²) in [6, 6.07) is 6.14. The number of hydrogen-bond donors (Lipinski definition) is 0. The van der Waals surface area contributed by atoms with Crippen LogP contribution in [0, 0.1) is 6.92 Å². The van der Waals surface area contributed by atoms with Gasteiger partial charge in [-0.05, 0) is 75.9 Å². The Hall–Kier alpha value is -2.82. The Morgan fingerprint density at radius 1 is 1.11 bits per heavy atom. The number of rotatable bonds is 6. The van der Waals surface area contributed by atoms with Gasteiger partial charge >= 0.3 is 6.01 Å². The minimum atomic E-state index is -1.39. The third-order valence-corrected chi connectivity index (χ3v) is 7.76. The van der Waals surface area contributed by atoms with E-state index in [-0.39, 0.29) is 18.4 Å². The lowest BCUT2D eigenvalue weighted by atomic mass is 9.84. The number of aromatic nitrogens is 4. The van der Waals surface area contributed by atoms with Gasteiger partial charge in [-0.15, -0.1) is 0 Å². The number of hydrogen-bond acceptors (Lipinski definition) is 8. The van der Waals surface area contributed by atoms with Gasteiger partial charge in [0.1, 0.15) is 11.5 Å². The maximum Gasteiger partial charge on any atom is 0.320 e. The number of aryl methyl sites for hydroxylation is 1. The third-order valence-electron chi connectivity index (χ3n) is 7.76. The predicted molar refractivity (Wildman–Crippen MR) is 138 cm³/mol. The average Bonchev–Trinajstić information content (AvgIpc) is 3.28. The van der Waals surface area contributed by atoms with Crippen LogP contribution >= 0.6 is 0 Å². The van der Waals surface area contributed by atoms with Crippen molar-refractivity contribution in [1.29, 1.82) is 0 Å². The fourth-order valence-electron chi connectivity index (χ4n) is 5.80. The molecule has 0 saturated carbocycles. The molecule has 198 valence electrons. The van der Waals surface area contributed by atoms with Gasteiger partial charge in [-0.25, -0.2) is 9.07 Å². The second-order valence-electron chi connectivity index (χ2n) is 10.6. The van der Waals surface area contributed by atoms with E-state index in [0.717, 1.165) is 79.8 Å². The van der Waals surface area contributed by atoms with Crippen LogP contribution in [0.2, 0.25) is 0 Å². The first-order valence-electron chi connectivity index (χ1n) is 13.2. The molecule has 3 aromatic rings. The summed E-state index contributed by atoms with van der Waals surface area (Å²) in [5, 5.41) is 5.56. The number of piperidine rings is 1. The van der Waals surface area contributed by atoms with E-state index in [9.17, 15) is 0 Å². The Labute approximate surface area is 216 Å². The Morgan fingerprint density at radius 3 is 2.70 bits per heavy atom. The maximum atomic E-state index is 16.2. The fraction of sp³-hybridized carbons (Fsp3) is 0.593. The van der Waals surface area contributed by atoms with Crippen molar-refractivity contribution >= 4 is 16.7 Å². The first kappa shape index (κ1) is 24.5. The standard InChI is InChI=1S/C27H35FN6O3/c1-18-11-19-14-29-34(22(19)12-21(18)27(28)8-6-9-32(2)17-27)24-13-23(30-26(31-24)35-3)33-15-20(16-33)37-25-7-4-5-10-36-25/h11-14,20,25H,4-10,15-17H2,1-3H3. The van der Waals surface area contributed by atoms with Crippen LogP contribution in [0.1, 0.15) is 43.2 Å². The molecule has 0 aliphatic carbocycles. The Morgan fingerprint density at radius 2 is 1.95 bits per heavy atom. The average molecular weight is 511 g/mol. The lowest BCUT2D eigenvalue weighted by Gasteiger charge is -2.41. The molecule has 9 nitrogen and oxygen atoms in total. The summed E-state index contributed by atoms with van der Waals surface area (Å²) in [6.07, 6.45) is 6.36. The first-order valence-corrected chi connectivity index (χ1v) is 13.2. The monoisotopic (exact) mass is 510 g/mol. The number of likely N-dealkylation sites (tertiary alicyclic amines) is 1. The molecule has 0 bridgehead atoms. The third kappa shape index (κ3) is 4.78. The molecule has 0 spiro atoms. The number of anilines is 1. The van der Waals surface area contributed by atoms with Crippen molar-refractivity contribution in [2.24, 2.45) is 0 Å². The maximum absolute atomic E-state index is 16.2. The zero-order chi connectivity index (χ0) is 25.6. The molecule has 0 N–H and O–H groups in total. The number of halogens is 1. The van der Waals surface area contributed by atoms with E-state index in [1.807, 2.05) is 32.2 Å². The SMILES string of the molecule is COc1nc(N2CC(OC3CCCCO3)C2)cc(-n2ncc3cc(C)c(C4(F)CCCN(C)C4)cc32)n1. The number of ether oxygens (including phenoxy) is 3. The molecule has 0 amide bonds. The molecule has 0 radical (unpaired) electrons. The van der Waals surface area contributed by atoms with E-state index >= 15 is 4.39 Å². The van der Waals surface area contributed by atoms with E-state index in [1.165, 1.54) is 0 Å². The van der Waals surface area contributed by atoms with E-state index in [1.54, 1.807) is 18.0 Å². The molecule has 2 atom stereocenters. The number of benzene rings is 1. The summed E-state index contributed by atoms with van der Waals surface area (Å²) in [5.74, 6) is 1.33. The number of likely N-dealkylation sites (N-methyl/N-ethyl adjacent to an activating group) is 1. The molecule has 2 unspecified atom stereocenters. The van der Waals surface area contributed by atoms with Crippen molar-refractivity contribution in [3.8, 4) is 11.8 Å². The molecule has 3 saturated heterocycles. The van der Waals surface area contributed by atoms with Crippen molar-refractivity contribution < 1.29 is 18.6 Å². The molecule has 5 heterocycles. The van der Waals surface area contributed by atoms with Crippen LogP contribution in [-0.2, 0) is 15.1 Å². The number of fused-ring (bicyclic) bond motifs is 1. The molecule has 3 aliphatic heterocycles. The van der Waals surface area contributed by atoms with Crippen molar-refractivity contribution in [2.45, 2.75) is 57.1 Å². The molecular formula is C27H35FN6O3. The Kier molecular flexibility index (Phi) is 6.50. The molecule has 1 aromatic carbocycles. The van der Waals surface area contributed by atoms with Gasteiger partial charge < -0.3 is 24.0 Å². The van der Waals surface area contributed by atoms with Crippen molar-refractivity contribution in [1.82, 2.24) is 24.6 Å². The highest BCUT2D eigenvalue weighted by Crippen LogP contribution is 2.39. The van der Waals surface area contributed by atoms with Crippen LogP contribution in [0.15, 0.2) is 24.4 Å². The highest BCUT2D eigenvalue weighted by molar-refractivity contribution is 5.82. The topological polar surface area (TPSA) is 77.8 Å². The fourth-order valence-corrected chi connectivity index (χ4v) is 5.80. The van der Waals surface area contributed by atoms with Gasteiger partial charge in [-0.2, -0.15) is 15.1 Å². The van der Waals surface area contributed by atoms with E-state index in [2.05, 4.69) is 24.9 Å². The zero-order valence-corrected chi connectivity index (χ0v) is 21.8. The van der Waals surface area contributed by atoms with Gasteiger partial charge in [0.2, 0.25) is 0 Å². The quantitative estimate of drug-likeness (QED) is 0.496. The van der Waals surface area contributed by atoms with Crippen molar-refractivity contribution in [3.63, 3.8) is 0 Å². The highest BCUT2D eigenvalue weighted by atomic mass is 19.1. The number of alkyl halides is 1. The van der Waals surface area contributed by atoms with Crippen LogP contribution in [0.5, 0.6) is 6.01 Å². The summed E-state index contributed by atoms with van der Waals surface area (Å²) in [6.45, 7) is 5.51. The lowest BCUT2D eigenvalue weighted by Crippen LogP contribution is -2.54. The minimum absolute atomic E-state index is 0.104. The Balaban J connectivity index is 1.28. The summed E-state index contributed by atoms with van der Waals surface area (Å²) in [4.78, 5) is 13.3. The Bertz CT molecular complexity index is 1270. The van der Waals surface area contributed by atoms with E-state index in [0.29, 0.717) is 18.8 Å². The van der Waals surface area contributed by atoms with Gasteiger partial charge in [0.15, 0.2) is 12.1 Å². The van der Waals surface area contributed by atoms with E-state index < -0.39 is 5.67 Å². The zero-order valence-electron chi connectivity index (χ0n) is 21.8. The molecular weight excluding hydrogens is 475 g/mol. The van der Waals surface area contributed by atoms with Gasteiger partial charge in [-0.3, -0.25) is 0 Å². The highest BCUT2D eigenvalue weighted by Gasteiger charge is 2.38. The molecule has 10 heteroatoms. The summed E-state index contributed by atoms with van der Waals surface area (Å²) in [5.41, 5.74) is 1.10. The number of methoxy groups -OCH3 is 1. The molecule has 6 rings (SSSR count). The predicted octanol–water partition coefficient (Wildman–Crippen LogP) is 3.75. The van der Waals surface area contributed by atoms with Crippen LogP contribution < -0.4 is 9.64 Å². The molecule has 3 aliphatic rings. The summed E-state index contributed by atoms with van der Waals surface area (Å²) in [7, 11) is 3.54. The largest absolute Gasteiger partial charge is 0.467 e. The first-order chi connectivity index (χ1) is 17.9.